The molecule has 0 heterocycles. The lowest BCUT2D eigenvalue weighted by Crippen LogP contribution is -2.44. The van der Waals surface area contributed by atoms with E-state index in [0.717, 1.165) is 5.57 Å². The maximum absolute atomic E-state index is 11.6. The predicted molar refractivity (Wildman–Crippen MR) is 78.1 cm³/mol. The number of likely N-dealkylation sites (N-methyl/N-ethyl adjacent to an activating group) is 1. The summed E-state index contributed by atoms with van der Waals surface area (Å²) in [5.41, 5.74) is 0.879. The molecule has 1 aliphatic carbocycles. The van der Waals surface area contributed by atoms with Crippen molar-refractivity contribution >= 4 is 11.9 Å². The third kappa shape index (κ3) is 5.97. The normalized spacial score (nSPS) is 22.9. The summed E-state index contributed by atoms with van der Waals surface area (Å²) in [6.45, 7) is 0.0343. The number of hydrogen-bond acceptors (Lipinski definition) is 3. The molecular weight excluding hydrogens is 256 g/mol. The number of aliphatic carboxylic acids is 1. The van der Waals surface area contributed by atoms with Crippen molar-refractivity contribution in [1.82, 2.24) is 10.6 Å². The Balaban J connectivity index is 2.49. The highest BCUT2D eigenvalue weighted by Crippen LogP contribution is 2.03. The van der Waals surface area contributed by atoms with E-state index in [0.29, 0.717) is 0 Å². The average Bonchev–Trinajstić information content (AvgIpc) is 2.37. The molecule has 5 nitrogen and oxygen atoms in total. The van der Waals surface area contributed by atoms with Crippen LogP contribution in [0.25, 0.3) is 0 Å². The number of amides is 1. The maximum atomic E-state index is 11.6. The number of allylic oxidation sites excluding steroid dienone is 9. The fourth-order valence-corrected chi connectivity index (χ4v) is 1.44. The minimum Gasteiger partial charge on any atom is -0.480 e. The van der Waals surface area contributed by atoms with Gasteiger partial charge in [0, 0.05) is 12.6 Å². The van der Waals surface area contributed by atoms with Gasteiger partial charge in [0.2, 0.25) is 5.91 Å². The Kier molecular flexibility index (Phi) is 6.78. The van der Waals surface area contributed by atoms with Crippen molar-refractivity contribution in [2.24, 2.45) is 0 Å². The summed E-state index contributed by atoms with van der Waals surface area (Å²) in [5.74, 6) is -1.33. The topological polar surface area (TPSA) is 78.4 Å². The van der Waals surface area contributed by atoms with E-state index in [9.17, 15) is 9.59 Å². The van der Waals surface area contributed by atoms with Crippen molar-refractivity contribution in [1.29, 1.82) is 0 Å². The quantitative estimate of drug-likeness (QED) is 0.630. The van der Waals surface area contributed by atoms with Gasteiger partial charge in [-0.15, -0.1) is 0 Å². The van der Waals surface area contributed by atoms with Gasteiger partial charge in [-0.2, -0.15) is 0 Å². The molecule has 3 N–H and O–H groups in total. The van der Waals surface area contributed by atoms with Gasteiger partial charge in [0.05, 0.1) is 0 Å². The Labute approximate surface area is 118 Å². The largest absolute Gasteiger partial charge is 0.480 e. The van der Waals surface area contributed by atoms with Gasteiger partial charge < -0.3 is 15.7 Å². The molecule has 0 saturated carbocycles. The van der Waals surface area contributed by atoms with E-state index in [1.54, 1.807) is 6.08 Å². The lowest BCUT2D eigenvalue weighted by molar-refractivity contribution is -0.139. The molecule has 1 unspecified atom stereocenters. The van der Waals surface area contributed by atoms with Crippen LogP contribution in [0.5, 0.6) is 0 Å². The van der Waals surface area contributed by atoms with Gasteiger partial charge in [-0.1, -0.05) is 42.5 Å². The molecule has 0 aromatic carbocycles. The van der Waals surface area contributed by atoms with E-state index in [1.165, 1.54) is 13.1 Å². The molecule has 106 valence electrons. The molecule has 0 fully saturated rings. The van der Waals surface area contributed by atoms with Crippen molar-refractivity contribution < 1.29 is 14.7 Å². The van der Waals surface area contributed by atoms with E-state index in [2.05, 4.69) is 10.6 Å². The lowest BCUT2D eigenvalue weighted by atomic mass is 10.1. The summed E-state index contributed by atoms with van der Waals surface area (Å²) >= 11 is 0. The lowest BCUT2D eigenvalue weighted by Gasteiger charge is -2.10. The molecule has 1 rings (SSSR count). The van der Waals surface area contributed by atoms with Crippen molar-refractivity contribution in [2.75, 3.05) is 13.6 Å². The minimum atomic E-state index is -1.00. The first-order chi connectivity index (χ1) is 9.63. The number of carbonyl (C=O) groups is 2. The summed E-state index contributed by atoms with van der Waals surface area (Å²) in [4.78, 5) is 22.3. The third-order valence-electron chi connectivity index (χ3n) is 2.58. The van der Waals surface area contributed by atoms with Crippen LogP contribution < -0.4 is 10.6 Å². The van der Waals surface area contributed by atoms with Gasteiger partial charge >= 0.3 is 5.97 Å². The molecule has 1 amide bonds. The molecular formula is C15H18N2O3. The SMILES string of the molecule is CNC(CNC(=O)/C=C/C1=C\C=C/C=C/C=C\1)C(=O)O. The van der Waals surface area contributed by atoms with Crippen LogP contribution in [0, 0.1) is 0 Å². The summed E-state index contributed by atoms with van der Waals surface area (Å²) < 4.78 is 0. The number of carboxylic acid groups (broad SMARTS) is 1. The second-order valence-corrected chi connectivity index (χ2v) is 4.05. The number of carboxylic acids is 1. The molecule has 0 aromatic heterocycles. The monoisotopic (exact) mass is 274 g/mol. The van der Waals surface area contributed by atoms with Crippen LogP contribution in [0.2, 0.25) is 0 Å². The second kappa shape index (κ2) is 8.66. The van der Waals surface area contributed by atoms with E-state index in [1.807, 2.05) is 42.5 Å². The van der Waals surface area contributed by atoms with Gasteiger partial charge in [-0.25, -0.2) is 0 Å². The molecule has 0 spiro atoms. The Morgan fingerprint density at radius 2 is 1.95 bits per heavy atom. The maximum Gasteiger partial charge on any atom is 0.322 e. The Hall–Kier alpha value is -2.40. The van der Waals surface area contributed by atoms with Crippen molar-refractivity contribution in [2.45, 2.75) is 6.04 Å². The van der Waals surface area contributed by atoms with Crippen LogP contribution in [-0.4, -0.2) is 36.6 Å². The van der Waals surface area contributed by atoms with E-state index in [4.69, 9.17) is 5.11 Å². The van der Waals surface area contributed by atoms with Gasteiger partial charge in [0.25, 0.3) is 0 Å². The molecule has 0 bridgehead atoms. The number of carbonyl (C=O) groups excluding carboxylic acids is 1. The zero-order chi connectivity index (χ0) is 14.8. The summed E-state index contributed by atoms with van der Waals surface area (Å²) in [6.07, 6.45) is 16.2. The van der Waals surface area contributed by atoms with Crippen LogP contribution in [-0.2, 0) is 9.59 Å². The van der Waals surface area contributed by atoms with Crippen LogP contribution >= 0.6 is 0 Å². The molecule has 20 heavy (non-hydrogen) atoms. The first-order valence-electron chi connectivity index (χ1n) is 6.21. The van der Waals surface area contributed by atoms with Gasteiger partial charge in [-0.05, 0) is 18.7 Å². The minimum absolute atomic E-state index is 0.0343. The highest BCUT2D eigenvalue weighted by atomic mass is 16.4. The van der Waals surface area contributed by atoms with Crippen molar-refractivity contribution in [3.05, 3.63) is 60.3 Å². The molecule has 0 saturated heterocycles. The van der Waals surface area contributed by atoms with Crippen LogP contribution in [0.4, 0.5) is 0 Å². The zero-order valence-electron chi connectivity index (χ0n) is 11.2. The van der Waals surface area contributed by atoms with Crippen molar-refractivity contribution in [3.63, 3.8) is 0 Å². The highest BCUT2D eigenvalue weighted by molar-refractivity contribution is 5.88. The summed E-state index contributed by atoms with van der Waals surface area (Å²) in [6, 6.07) is -0.791. The van der Waals surface area contributed by atoms with E-state index in [-0.39, 0.29) is 12.5 Å². The molecule has 5 heteroatoms. The first kappa shape index (κ1) is 15.7. The molecule has 0 aliphatic heterocycles. The van der Waals surface area contributed by atoms with Crippen LogP contribution in [0.3, 0.4) is 0 Å². The Bertz CT molecular complexity index is 499. The molecule has 1 atom stereocenters. The zero-order valence-corrected chi connectivity index (χ0v) is 11.2. The highest BCUT2D eigenvalue weighted by Gasteiger charge is 2.14. The first-order valence-corrected chi connectivity index (χ1v) is 6.21. The fraction of sp³-hybridized carbons (Fsp3) is 0.200. The van der Waals surface area contributed by atoms with Crippen LogP contribution in [0.1, 0.15) is 0 Å². The average molecular weight is 274 g/mol. The van der Waals surface area contributed by atoms with Gasteiger partial charge in [-0.3, -0.25) is 9.59 Å². The standard InChI is InChI=1S/C15H18N2O3/c1-16-13(15(19)20)11-17-14(18)10-9-12-7-5-3-2-4-6-8-12/h2-10,13,16H,11H2,1H3,(H,17,18)(H,19,20)/b3-2+,4-2?,5-3?,6-4-,7-5-,8-6?,10-9+,12-7?,12-8-. The van der Waals surface area contributed by atoms with E-state index < -0.39 is 12.0 Å². The second-order valence-electron chi connectivity index (χ2n) is 4.05. The number of nitrogens with one attached hydrogen (secondary N) is 2. The summed E-state index contributed by atoms with van der Waals surface area (Å²) in [5, 5.41) is 13.9. The number of rotatable bonds is 6. The Morgan fingerprint density at radius 3 is 2.65 bits per heavy atom. The number of hydrogen-bond donors (Lipinski definition) is 3. The van der Waals surface area contributed by atoms with Crippen molar-refractivity contribution in [3.8, 4) is 0 Å². The van der Waals surface area contributed by atoms with E-state index >= 15 is 0 Å². The van der Waals surface area contributed by atoms with Gasteiger partial charge in [0.1, 0.15) is 6.04 Å². The third-order valence-corrected chi connectivity index (χ3v) is 2.58. The Morgan fingerprint density at radius 1 is 1.25 bits per heavy atom. The fourth-order valence-electron chi connectivity index (χ4n) is 1.44. The van der Waals surface area contributed by atoms with Gasteiger partial charge in [0.15, 0.2) is 0 Å². The smallest absolute Gasteiger partial charge is 0.322 e. The van der Waals surface area contributed by atoms with Crippen LogP contribution in [0.15, 0.2) is 60.3 Å². The summed E-state index contributed by atoms with van der Waals surface area (Å²) in [7, 11) is 1.53. The molecule has 0 aromatic rings. The molecule has 0 radical (unpaired) electrons. The molecule has 1 aliphatic rings. The predicted octanol–water partition coefficient (Wildman–Crippen LogP) is 0.940.